The molecule has 0 bridgehead atoms. The fourth-order valence-corrected chi connectivity index (χ4v) is 2.46. The van der Waals surface area contributed by atoms with Gasteiger partial charge >= 0.3 is 5.97 Å². The predicted molar refractivity (Wildman–Crippen MR) is 72.2 cm³/mol. The van der Waals surface area contributed by atoms with Gasteiger partial charge in [0, 0.05) is 13.0 Å². The fraction of sp³-hybridized carbons (Fsp3) is 0.231. The van der Waals surface area contributed by atoms with Crippen LogP contribution in [0.15, 0.2) is 24.3 Å². The lowest BCUT2D eigenvalue weighted by molar-refractivity contribution is -0.142. The third-order valence-electron chi connectivity index (χ3n) is 3.50. The molecule has 1 aliphatic heterocycles. The number of fused-ring (bicyclic) bond motifs is 1. The standard InChI is InChI=1S/C13H13N5O3/c14-13-15-10(16-17-13)11(19)18-6-8-4-2-1-3-7(8)5-9(18)12(20)21/h1-4,9H,5-6H2,(H,20,21)(H3,14,15,16,17)/t9-/m0/s1. The minimum absolute atomic E-state index is 0.0531. The monoisotopic (exact) mass is 287 g/mol. The summed E-state index contributed by atoms with van der Waals surface area (Å²) in [7, 11) is 0. The summed E-state index contributed by atoms with van der Waals surface area (Å²) in [5.74, 6) is -1.69. The highest BCUT2D eigenvalue weighted by Gasteiger charge is 2.36. The van der Waals surface area contributed by atoms with Gasteiger partial charge in [0.15, 0.2) is 0 Å². The molecule has 3 rings (SSSR count). The molecule has 2 heterocycles. The zero-order chi connectivity index (χ0) is 15.0. The summed E-state index contributed by atoms with van der Waals surface area (Å²) in [5.41, 5.74) is 7.24. The lowest BCUT2D eigenvalue weighted by Gasteiger charge is -2.33. The molecule has 0 unspecified atom stereocenters. The Kier molecular flexibility index (Phi) is 3.05. The van der Waals surface area contributed by atoms with Gasteiger partial charge < -0.3 is 15.7 Å². The van der Waals surface area contributed by atoms with Crippen LogP contribution in [0, 0.1) is 0 Å². The number of hydrogen-bond acceptors (Lipinski definition) is 5. The first-order valence-corrected chi connectivity index (χ1v) is 6.34. The molecule has 1 atom stereocenters. The highest BCUT2D eigenvalue weighted by Crippen LogP contribution is 2.24. The van der Waals surface area contributed by atoms with E-state index in [9.17, 15) is 14.7 Å². The summed E-state index contributed by atoms with van der Waals surface area (Å²) in [5, 5.41) is 15.4. The van der Waals surface area contributed by atoms with Crippen molar-refractivity contribution in [2.45, 2.75) is 19.0 Å². The topological polar surface area (TPSA) is 125 Å². The number of nitrogens with zero attached hydrogens (tertiary/aromatic N) is 3. The number of aromatic nitrogens is 3. The Balaban J connectivity index is 1.96. The number of carbonyl (C=O) groups is 2. The Labute approximate surface area is 119 Å². The molecule has 0 saturated carbocycles. The Morgan fingerprint density at radius 2 is 2.05 bits per heavy atom. The molecule has 8 nitrogen and oxygen atoms in total. The SMILES string of the molecule is Nc1n[nH]c(C(=O)N2Cc3ccccc3C[C@H]2C(=O)O)n1. The van der Waals surface area contributed by atoms with Crippen LogP contribution < -0.4 is 5.73 Å². The van der Waals surface area contributed by atoms with E-state index in [2.05, 4.69) is 15.2 Å². The van der Waals surface area contributed by atoms with Crippen molar-refractivity contribution in [3.8, 4) is 0 Å². The molecule has 0 aliphatic carbocycles. The molecule has 108 valence electrons. The van der Waals surface area contributed by atoms with E-state index in [1.54, 1.807) is 0 Å². The lowest BCUT2D eigenvalue weighted by Crippen LogP contribution is -2.48. The van der Waals surface area contributed by atoms with Gasteiger partial charge in [0.2, 0.25) is 11.8 Å². The number of anilines is 1. The molecule has 0 spiro atoms. The van der Waals surface area contributed by atoms with Crippen LogP contribution in [0.3, 0.4) is 0 Å². The number of nitrogens with one attached hydrogen (secondary N) is 1. The maximum Gasteiger partial charge on any atom is 0.326 e. The van der Waals surface area contributed by atoms with E-state index < -0.39 is 17.9 Å². The molecule has 0 radical (unpaired) electrons. The van der Waals surface area contributed by atoms with Crippen LogP contribution in [-0.2, 0) is 17.8 Å². The molecule has 1 amide bonds. The van der Waals surface area contributed by atoms with E-state index in [0.29, 0.717) is 0 Å². The molecule has 1 aromatic heterocycles. The van der Waals surface area contributed by atoms with E-state index in [-0.39, 0.29) is 24.7 Å². The highest BCUT2D eigenvalue weighted by atomic mass is 16.4. The number of nitrogens with two attached hydrogens (primary N) is 1. The van der Waals surface area contributed by atoms with E-state index in [0.717, 1.165) is 11.1 Å². The van der Waals surface area contributed by atoms with Gasteiger partial charge in [-0.25, -0.2) is 4.79 Å². The minimum atomic E-state index is -1.05. The predicted octanol–water partition coefficient (Wildman–Crippen LogP) is 0.0386. The van der Waals surface area contributed by atoms with Gasteiger partial charge in [0.05, 0.1) is 0 Å². The quantitative estimate of drug-likeness (QED) is 0.716. The number of benzene rings is 1. The highest BCUT2D eigenvalue weighted by molar-refractivity contribution is 5.94. The van der Waals surface area contributed by atoms with Crippen LogP contribution in [0.25, 0.3) is 0 Å². The van der Waals surface area contributed by atoms with E-state index >= 15 is 0 Å². The Hall–Kier alpha value is -2.90. The molecular weight excluding hydrogens is 274 g/mol. The van der Waals surface area contributed by atoms with Crippen LogP contribution in [-0.4, -0.2) is 43.1 Å². The number of H-pyrrole nitrogens is 1. The van der Waals surface area contributed by atoms with Crippen LogP contribution in [0.1, 0.15) is 21.7 Å². The summed E-state index contributed by atoms with van der Waals surface area (Å²) < 4.78 is 0. The van der Waals surface area contributed by atoms with Crippen molar-refractivity contribution in [2.24, 2.45) is 0 Å². The third-order valence-corrected chi connectivity index (χ3v) is 3.50. The molecule has 2 aromatic rings. The largest absolute Gasteiger partial charge is 0.480 e. The lowest BCUT2D eigenvalue weighted by atomic mass is 9.94. The zero-order valence-corrected chi connectivity index (χ0v) is 11.0. The number of aromatic amines is 1. The van der Waals surface area contributed by atoms with Gasteiger partial charge in [0.25, 0.3) is 5.91 Å². The van der Waals surface area contributed by atoms with Crippen LogP contribution in [0.2, 0.25) is 0 Å². The Morgan fingerprint density at radius 1 is 1.33 bits per heavy atom. The molecule has 21 heavy (non-hydrogen) atoms. The van der Waals surface area contributed by atoms with Gasteiger partial charge in [-0.1, -0.05) is 24.3 Å². The van der Waals surface area contributed by atoms with E-state index in [1.165, 1.54) is 4.90 Å². The number of aliphatic carboxylic acids is 1. The molecule has 0 saturated heterocycles. The van der Waals surface area contributed by atoms with Crippen molar-refractivity contribution in [3.05, 3.63) is 41.2 Å². The zero-order valence-electron chi connectivity index (χ0n) is 11.0. The molecule has 1 aromatic carbocycles. The van der Waals surface area contributed by atoms with Gasteiger partial charge in [0.1, 0.15) is 6.04 Å². The first-order chi connectivity index (χ1) is 10.1. The smallest absolute Gasteiger partial charge is 0.326 e. The number of carbonyl (C=O) groups excluding carboxylic acids is 1. The maximum atomic E-state index is 12.4. The Morgan fingerprint density at radius 3 is 2.67 bits per heavy atom. The molecular formula is C13H13N5O3. The van der Waals surface area contributed by atoms with E-state index in [1.807, 2.05) is 24.3 Å². The fourth-order valence-electron chi connectivity index (χ4n) is 2.46. The average Bonchev–Trinajstić information content (AvgIpc) is 2.91. The van der Waals surface area contributed by atoms with Crippen molar-refractivity contribution >= 4 is 17.8 Å². The number of hydrogen-bond donors (Lipinski definition) is 3. The first kappa shape index (κ1) is 13.1. The summed E-state index contributed by atoms with van der Waals surface area (Å²) in [6.07, 6.45) is 0.265. The second kappa shape index (κ2) is 4.89. The van der Waals surface area contributed by atoms with Crippen molar-refractivity contribution in [1.82, 2.24) is 20.1 Å². The summed E-state index contributed by atoms with van der Waals surface area (Å²) in [6.45, 7) is 0.215. The first-order valence-electron chi connectivity index (χ1n) is 6.34. The van der Waals surface area contributed by atoms with Crippen molar-refractivity contribution in [2.75, 3.05) is 5.73 Å². The second-order valence-electron chi connectivity index (χ2n) is 4.80. The minimum Gasteiger partial charge on any atom is -0.480 e. The summed E-state index contributed by atoms with van der Waals surface area (Å²) >= 11 is 0. The molecule has 1 aliphatic rings. The average molecular weight is 287 g/mol. The number of carboxylic acid groups (broad SMARTS) is 1. The van der Waals surface area contributed by atoms with Crippen molar-refractivity contribution in [3.63, 3.8) is 0 Å². The summed E-state index contributed by atoms with van der Waals surface area (Å²) in [4.78, 5) is 28.9. The van der Waals surface area contributed by atoms with Crippen molar-refractivity contribution < 1.29 is 14.7 Å². The van der Waals surface area contributed by atoms with Crippen molar-refractivity contribution in [1.29, 1.82) is 0 Å². The molecule has 4 N–H and O–H groups in total. The number of carboxylic acids is 1. The van der Waals surface area contributed by atoms with Gasteiger partial charge in [-0.15, -0.1) is 5.10 Å². The van der Waals surface area contributed by atoms with Crippen LogP contribution >= 0.6 is 0 Å². The van der Waals surface area contributed by atoms with Gasteiger partial charge in [-0.2, -0.15) is 4.98 Å². The summed E-state index contributed by atoms with van der Waals surface area (Å²) in [6, 6.07) is 6.53. The molecule has 0 fully saturated rings. The Bertz CT molecular complexity index is 711. The van der Waals surface area contributed by atoms with Crippen LogP contribution in [0.5, 0.6) is 0 Å². The van der Waals surface area contributed by atoms with Gasteiger partial charge in [-0.3, -0.25) is 9.89 Å². The third kappa shape index (κ3) is 2.31. The normalized spacial score (nSPS) is 17.3. The van der Waals surface area contributed by atoms with Gasteiger partial charge in [-0.05, 0) is 11.1 Å². The molecule has 8 heteroatoms. The maximum absolute atomic E-state index is 12.4. The van der Waals surface area contributed by atoms with Crippen LogP contribution in [0.4, 0.5) is 5.95 Å². The van der Waals surface area contributed by atoms with E-state index in [4.69, 9.17) is 5.73 Å². The number of amides is 1. The second-order valence-corrected chi connectivity index (χ2v) is 4.80. The number of nitrogen functional groups attached to an aromatic ring is 1. The number of rotatable bonds is 2.